The first-order valence-electron chi connectivity index (χ1n) is 5.02. The first-order chi connectivity index (χ1) is 6.76. The monoisotopic (exact) mass is 190 g/mol. The number of hydrogen-bond acceptors (Lipinski definition) is 3. The minimum atomic E-state index is 0. The molecule has 3 nitrogen and oxygen atoms in total. The number of carbonyl (C=O) groups excluding carboxylic acids is 1. The lowest BCUT2D eigenvalue weighted by atomic mass is 9.88. The molecule has 2 aliphatic rings. The van der Waals surface area contributed by atoms with Gasteiger partial charge in [0.1, 0.15) is 12.2 Å². The zero-order chi connectivity index (χ0) is 10.4. The molecule has 2 fully saturated rings. The van der Waals surface area contributed by atoms with Crippen molar-refractivity contribution < 1.29 is 4.79 Å². The van der Waals surface area contributed by atoms with Crippen molar-refractivity contribution in [2.45, 2.75) is 38.5 Å². The smallest absolute Gasteiger partial charge is 0.133 e. The van der Waals surface area contributed by atoms with E-state index in [4.69, 9.17) is 10.5 Å². The van der Waals surface area contributed by atoms with E-state index in [1.165, 1.54) is 19.3 Å². The molecule has 0 aromatic heterocycles. The fourth-order valence-electron chi connectivity index (χ4n) is 2.31. The molecule has 2 saturated carbocycles. The average Bonchev–Trinajstić information content (AvgIpc) is 2.48. The van der Waals surface area contributed by atoms with Crippen molar-refractivity contribution in [3.05, 3.63) is 0 Å². The molecule has 2 rings (SSSR count). The molecular weight excluding hydrogens is 176 g/mol. The fourth-order valence-corrected chi connectivity index (χ4v) is 2.31. The van der Waals surface area contributed by atoms with Crippen LogP contribution in [0.3, 0.4) is 0 Å². The second kappa shape index (κ2) is 5.40. The molecule has 0 amide bonds. The summed E-state index contributed by atoms with van der Waals surface area (Å²) in [5.41, 5.74) is 0. The van der Waals surface area contributed by atoms with Crippen LogP contribution in [0.4, 0.5) is 0 Å². The Morgan fingerprint density at radius 2 is 1.64 bits per heavy atom. The van der Waals surface area contributed by atoms with E-state index < -0.39 is 0 Å². The maximum atomic E-state index is 10.9. The SMILES string of the molecule is N#CCC#N.O=C1CC2CCC(C1)C2. The summed E-state index contributed by atoms with van der Waals surface area (Å²) in [7, 11) is 0. The summed E-state index contributed by atoms with van der Waals surface area (Å²) >= 11 is 0. The molecule has 74 valence electrons. The Morgan fingerprint density at radius 3 is 2.00 bits per heavy atom. The van der Waals surface area contributed by atoms with Gasteiger partial charge in [-0.05, 0) is 31.1 Å². The van der Waals surface area contributed by atoms with Crippen LogP contribution in [0.25, 0.3) is 0 Å². The van der Waals surface area contributed by atoms with Gasteiger partial charge in [0.2, 0.25) is 0 Å². The normalized spacial score (nSPS) is 28.3. The minimum Gasteiger partial charge on any atom is -0.300 e. The van der Waals surface area contributed by atoms with Crippen molar-refractivity contribution >= 4 is 5.78 Å². The Morgan fingerprint density at radius 1 is 1.14 bits per heavy atom. The van der Waals surface area contributed by atoms with Gasteiger partial charge in [0.05, 0.1) is 12.1 Å². The van der Waals surface area contributed by atoms with Crippen LogP contribution in [0, 0.1) is 34.5 Å². The Bertz CT molecular complexity index is 259. The topological polar surface area (TPSA) is 64.7 Å². The van der Waals surface area contributed by atoms with Gasteiger partial charge in [-0.3, -0.25) is 4.79 Å². The van der Waals surface area contributed by atoms with E-state index in [-0.39, 0.29) is 6.42 Å². The lowest BCUT2D eigenvalue weighted by molar-refractivity contribution is -0.121. The van der Waals surface area contributed by atoms with Crippen molar-refractivity contribution in [3.63, 3.8) is 0 Å². The first kappa shape index (κ1) is 10.7. The Labute approximate surface area is 84.3 Å². The maximum absolute atomic E-state index is 10.9. The van der Waals surface area contributed by atoms with E-state index >= 15 is 0 Å². The van der Waals surface area contributed by atoms with Gasteiger partial charge in [-0.1, -0.05) is 0 Å². The zero-order valence-electron chi connectivity index (χ0n) is 8.20. The third-order valence-electron chi connectivity index (χ3n) is 2.84. The van der Waals surface area contributed by atoms with Crippen molar-refractivity contribution in [3.8, 4) is 12.1 Å². The van der Waals surface area contributed by atoms with Crippen LogP contribution in [-0.4, -0.2) is 5.78 Å². The van der Waals surface area contributed by atoms with E-state index in [9.17, 15) is 4.79 Å². The molecule has 0 N–H and O–H groups in total. The predicted molar refractivity (Wildman–Crippen MR) is 50.9 cm³/mol. The van der Waals surface area contributed by atoms with Crippen LogP contribution in [0.1, 0.15) is 38.5 Å². The molecule has 0 aromatic rings. The third kappa shape index (κ3) is 3.18. The van der Waals surface area contributed by atoms with Crippen LogP contribution < -0.4 is 0 Å². The number of hydrogen-bond donors (Lipinski definition) is 0. The molecule has 0 aliphatic heterocycles. The molecule has 14 heavy (non-hydrogen) atoms. The quantitative estimate of drug-likeness (QED) is 0.588. The molecular formula is C11H14N2O. The maximum Gasteiger partial charge on any atom is 0.133 e. The van der Waals surface area contributed by atoms with Crippen LogP contribution in [-0.2, 0) is 4.79 Å². The number of carbonyl (C=O) groups is 1. The number of fused-ring (bicyclic) bond motifs is 2. The summed E-state index contributed by atoms with van der Waals surface area (Å²) in [6.07, 6.45) is 5.81. The average molecular weight is 190 g/mol. The molecule has 2 atom stereocenters. The second-order valence-corrected chi connectivity index (χ2v) is 3.99. The summed E-state index contributed by atoms with van der Waals surface area (Å²) < 4.78 is 0. The van der Waals surface area contributed by atoms with E-state index in [0.29, 0.717) is 5.78 Å². The molecule has 0 aromatic carbocycles. The number of nitrogens with zero attached hydrogens (tertiary/aromatic N) is 2. The highest BCUT2D eigenvalue weighted by Crippen LogP contribution is 2.39. The highest BCUT2D eigenvalue weighted by Gasteiger charge is 2.32. The largest absolute Gasteiger partial charge is 0.300 e. The van der Waals surface area contributed by atoms with Crippen molar-refractivity contribution in [2.75, 3.05) is 0 Å². The van der Waals surface area contributed by atoms with Crippen LogP contribution in [0.15, 0.2) is 0 Å². The molecule has 2 unspecified atom stereocenters. The molecule has 0 radical (unpaired) electrons. The molecule has 0 spiro atoms. The highest BCUT2D eigenvalue weighted by molar-refractivity contribution is 5.79. The van der Waals surface area contributed by atoms with Gasteiger partial charge >= 0.3 is 0 Å². The molecule has 3 heteroatoms. The Balaban J connectivity index is 0.000000171. The summed E-state index contributed by atoms with van der Waals surface area (Å²) in [5, 5.41) is 15.2. The van der Waals surface area contributed by atoms with Gasteiger partial charge in [0.25, 0.3) is 0 Å². The fraction of sp³-hybridized carbons (Fsp3) is 0.727. The van der Waals surface area contributed by atoms with Gasteiger partial charge in [0, 0.05) is 12.8 Å². The van der Waals surface area contributed by atoms with Crippen LogP contribution >= 0.6 is 0 Å². The summed E-state index contributed by atoms with van der Waals surface area (Å²) in [6.45, 7) is 0. The minimum absolute atomic E-state index is 0. The Kier molecular flexibility index (Phi) is 4.13. The Hall–Kier alpha value is -1.35. The lowest BCUT2D eigenvalue weighted by Crippen LogP contribution is -2.14. The molecule has 0 heterocycles. The summed E-state index contributed by atoms with van der Waals surface area (Å²) in [6, 6.07) is 3.31. The van der Waals surface area contributed by atoms with E-state index in [2.05, 4.69) is 0 Å². The summed E-state index contributed by atoms with van der Waals surface area (Å²) in [5.74, 6) is 2.10. The van der Waals surface area contributed by atoms with E-state index in [1.54, 1.807) is 12.1 Å². The van der Waals surface area contributed by atoms with Gasteiger partial charge < -0.3 is 0 Å². The van der Waals surface area contributed by atoms with E-state index in [1.807, 2.05) is 0 Å². The number of rotatable bonds is 0. The number of Topliss-reactive ketones (excluding diaryl/α,β-unsaturated/α-hetero) is 1. The molecule has 2 bridgehead atoms. The third-order valence-corrected chi connectivity index (χ3v) is 2.84. The van der Waals surface area contributed by atoms with E-state index in [0.717, 1.165) is 24.7 Å². The first-order valence-corrected chi connectivity index (χ1v) is 5.02. The molecule has 0 saturated heterocycles. The standard InChI is InChI=1S/C8H12O.C3H2N2/c9-8-4-6-1-2-7(3-6)5-8;4-2-1-3-5/h6-7H,1-5H2;1H2. The summed E-state index contributed by atoms with van der Waals surface area (Å²) in [4.78, 5) is 10.9. The molecule has 2 aliphatic carbocycles. The van der Waals surface area contributed by atoms with Crippen molar-refractivity contribution in [1.29, 1.82) is 10.5 Å². The van der Waals surface area contributed by atoms with Gasteiger partial charge in [-0.15, -0.1) is 0 Å². The van der Waals surface area contributed by atoms with Gasteiger partial charge in [-0.2, -0.15) is 10.5 Å². The zero-order valence-corrected chi connectivity index (χ0v) is 8.20. The number of nitriles is 2. The van der Waals surface area contributed by atoms with Crippen molar-refractivity contribution in [1.82, 2.24) is 0 Å². The predicted octanol–water partition coefficient (Wildman–Crippen LogP) is 2.19. The van der Waals surface area contributed by atoms with Crippen molar-refractivity contribution in [2.24, 2.45) is 11.8 Å². The highest BCUT2D eigenvalue weighted by atomic mass is 16.1. The van der Waals surface area contributed by atoms with Gasteiger partial charge in [0.15, 0.2) is 0 Å². The second-order valence-electron chi connectivity index (χ2n) is 3.99. The van der Waals surface area contributed by atoms with Crippen LogP contribution in [0.2, 0.25) is 0 Å². The van der Waals surface area contributed by atoms with Crippen LogP contribution in [0.5, 0.6) is 0 Å². The lowest BCUT2D eigenvalue weighted by Gasteiger charge is -2.15. The number of ketones is 1. The van der Waals surface area contributed by atoms with Gasteiger partial charge in [-0.25, -0.2) is 0 Å².